The number of nitrogens with zero attached hydrogens (tertiary/aromatic N) is 2. The van der Waals surface area contributed by atoms with Gasteiger partial charge in [0.2, 0.25) is 0 Å². The molecule has 1 aliphatic heterocycles. The van der Waals surface area contributed by atoms with Crippen LogP contribution in [-0.4, -0.2) is 49.1 Å². The molecular formula is C20H23ClN2O3. The lowest BCUT2D eigenvalue weighted by Gasteiger charge is -2.36. The van der Waals surface area contributed by atoms with Crippen molar-refractivity contribution in [2.24, 2.45) is 0 Å². The zero-order valence-corrected chi connectivity index (χ0v) is 15.8. The molecule has 0 spiro atoms. The predicted octanol–water partition coefficient (Wildman–Crippen LogP) is 3.58. The van der Waals surface area contributed by atoms with Crippen LogP contribution in [0.3, 0.4) is 0 Å². The lowest BCUT2D eigenvalue weighted by molar-refractivity contribution is 0.101. The van der Waals surface area contributed by atoms with Crippen molar-refractivity contribution in [1.82, 2.24) is 4.90 Å². The lowest BCUT2D eigenvalue weighted by atomic mass is 10.0. The number of anilines is 1. The maximum absolute atomic E-state index is 11.7. The van der Waals surface area contributed by atoms with E-state index in [1.165, 1.54) is 13.0 Å². The Kier molecular flexibility index (Phi) is 5.69. The molecule has 0 amide bonds. The van der Waals surface area contributed by atoms with Crippen molar-refractivity contribution in [3.8, 4) is 11.5 Å². The molecule has 26 heavy (non-hydrogen) atoms. The summed E-state index contributed by atoms with van der Waals surface area (Å²) >= 11 is 6.11. The van der Waals surface area contributed by atoms with Crippen LogP contribution in [0.5, 0.6) is 11.5 Å². The number of halogens is 1. The number of methoxy groups -OCH3 is 1. The maximum atomic E-state index is 11.7. The Balaban J connectivity index is 1.67. The summed E-state index contributed by atoms with van der Waals surface area (Å²) in [4.78, 5) is 16.2. The van der Waals surface area contributed by atoms with Crippen LogP contribution in [0.2, 0.25) is 5.02 Å². The van der Waals surface area contributed by atoms with E-state index in [2.05, 4.69) is 15.9 Å². The Hall–Kier alpha value is -2.24. The van der Waals surface area contributed by atoms with Crippen LogP contribution in [0.1, 0.15) is 22.8 Å². The molecule has 3 rings (SSSR count). The van der Waals surface area contributed by atoms with Crippen molar-refractivity contribution in [3.05, 3.63) is 52.5 Å². The van der Waals surface area contributed by atoms with Crippen molar-refractivity contribution in [3.63, 3.8) is 0 Å². The first-order chi connectivity index (χ1) is 12.5. The molecule has 2 aromatic rings. The number of rotatable bonds is 5. The summed E-state index contributed by atoms with van der Waals surface area (Å²) in [6.07, 6.45) is 0. The second-order valence-electron chi connectivity index (χ2n) is 6.48. The van der Waals surface area contributed by atoms with Crippen molar-refractivity contribution in [2.75, 3.05) is 38.2 Å². The molecule has 1 aliphatic rings. The van der Waals surface area contributed by atoms with Gasteiger partial charge in [0.1, 0.15) is 11.5 Å². The highest BCUT2D eigenvalue weighted by Gasteiger charge is 2.20. The van der Waals surface area contributed by atoms with Crippen molar-refractivity contribution < 1.29 is 14.6 Å². The van der Waals surface area contributed by atoms with Gasteiger partial charge in [-0.15, -0.1) is 0 Å². The van der Waals surface area contributed by atoms with Gasteiger partial charge in [-0.25, -0.2) is 0 Å². The second-order valence-corrected chi connectivity index (χ2v) is 6.92. The average Bonchev–Trinajstić information content (AvgIpc) is 2.65. The number of phenolic OH excluding ortho intramolecular Hbond substituents is 1. The number of hydrogen-bond donors (Lipinski definition) is 1. The number of carbonyl (C=O) groups is 1. The fraction of sp³-hybridized carbons (Fsp3) is 0.350. The van der Waals surface area contributed by atoms with Crippen molar-refractivity contribution >= 4 is 23.1 Å². The van der Waals surface area contributed by atoms with E-state index in [9.17, 15) is 9.90 Å². The van der Waals surface area contributed by atoms with E-state index in [1.807, 2.05) is 18.2 Å². The van der Waals surface area contributed by atoms with Crippen LogP contribution < -0.4 is 9.64 Å². The summed E-state index contributed by atoms with van der Waals surface area (Å²) in [5, 5.41) is 10.8. The number of phenols is 1. The molecule has 5 nitrogen and oxygen atoms in total. The topological polar surface area (TPSA) is 53.0 Å². The maximum Gasteiger partial charge on any atom is 0.163 e. The Morgan fingerprint density at radius 2 is 1.92 bits per heavy atom. The Morgan fingerprint density at radius 3 is 2.58 bits per heavy atom. The molecule has 138 valence electrons. The van der Waals surface area contributed by atoms with Crippen LogP contribution in [0.15, 0.2) is 36.4 Å². The summed E-state index contributed by atoms with van der Waals surface area (Å²) in [5.41, 5.74) is 2.12. The van der Waals surface area contributed by atoms with Gasteiger partial charge in [0, 0.05) is 55.1 Å². The number of Topliss-reactive ketones (excluding diaryl/α,β-unsaturated/α-hetero) is 1. The minimum absolute atomic E-state index is 0.0390. The molecule has 1 fully saturated rings. The highest BCUT2D eigenvalue weighted by molar-refractivity contribution is 6.31. The molecule has 0 saturated carbocycles. The third kappa shape index (κ3) is 4.11. The van der Waals surface area contributed by atoms with E-state index >= 15 is 0 Å². The lowest BCUT2D eigenvalue weighted by Crippen LogP contribution is -2.46. The molecule has 1 heterocycles. The summed E-state index contributed by atoms with van der Waals surface area (Å²) in [6.45, 7) is 5.49. The van der Waals surface area contributed by atoms with Crippen LogP contribution in [0, 0.1) is 0 Å². The van der Waals surface area contributed by atoms with Crippen LogP contribution in [-0.2, 0) is 6.54 Å². The number of aromatic hydroxyl groups is 1. The monoisotopic (exact) mass is 374 g/mol. The van der Waals surface area contributed by atoms with Crippen molar-refractivity contribution in [1.29, 1.82) is 0 Å². The van der Waals surface area contributed by atoms with Gasteiger partial charge in [-0.3, -0.25) is 9.69 Å². The van der Waals surface area contributed by atoms with Crippen molar-refractivity contribution in [2.45, 2.75) is 13.5 Å². The van der Waals surface area contributed by atoms with Gasteiger partial charge in [-0.2, -0.15) is 0 Å². The first kappa shape index (κ1) is 18.5. The minimum Gasteiger partial charge on any atom is -0.507 e. The van der Waals surface area contributed by atoms with Gasteiger partial charge in [0.05, 0.1) is 12.7 Å². The van der Waals surface area contributed by atoms with Gasteiger partial charge in [-0.1, -0.05) is 17.7 Å². The molecule has 0 bridgehead atoms. The third-order valence-electron chi connectivity index (χ3n) is 4.72. The fourth-order valence-corrected chi connectivity index (χ4v) is 3.50. The van der Waals surface area contributed by atoms with Gasteiger partial charge in [-0.05, 0) is 31.2 Å². The molecule has 0 aliphatic carbocycles. The Morgan fingerprint density at radius 1 is 1.19 bits per heavy atom. The molecule has 0 aromatic heterocycles. The zero-order valence-electron chi connectivity index (χ0n) is 15.0. The smallest absolute Gasteiger partial charge is 0.163 e. The SMILES string of the molecule is COc1cccc(N2CCN(Cc3cc(Cl)cc(C(C)=O)c3O)CC2)c1. The first-order valence-electron chi connectivity index (χ1n) is 8.61. The molecule has 6 heteroatoms. The van der Waals surface area contributed by atoms with E-state index in [4.69, 9.17) is 16.3 Å². The minimum atomic E-state index is -0.186. The standard InChI is InChI=1S/C20H23ClN2O3/c1-14(24)19-11-16(21)10-15(20(19)25)13-22-6-8-23(9-7-22)17-4-3-5-18(12-17)26-2/h3-5,10-12,25H,6-9,13H2,1-2H3. The second kappa shape index (κ2) is 7.98. The molecular weight excluding hydrogens is 352 g/mol. The van der Waals surface area contributed by atoms with E-state index in [0.717, 1.165) is 37.6 Å². The summed E-state index contributed by atoms with van der Waals surface area (Å²) < 4.78 is 5.30. The summed E-state index contributed by atoms with van der Waals surface area (Å²) in [6, 6.07) is 11.3. The fourth-order valence-electron chi connectivity index (χ4n) is 3.26. The highest BCUT2D eigenvalue weighted by atomic mass is 35.5. The van der Waals surface area contributed by atoms with Crippen LogP contribution in [0.25, 0.3) is 0 Å². The number of ketones is 1. The Labute approximate surface area is 158 Å². The average molecular weight is 375 g/mol. The third-order valence-corrected chi connectivity index (χ3v) is 4.94. The van der Waals surface area contributed by atoms with Crippen LogP contribution in [0.4, 0.5) is 5.69 Å². The largest absolute Gasteiger partial charge is 0.507 e. The van der Waals surface area contributed by atoms with Gasteiger partial charge >= 0.3 is 0 Å². The molecule has 0 atom stereocenters. The predicted molar refractivity (Wildman–Crippen MR) is 104 cm³/mol. The summed E-state index contributed by atoms with van der Waals surface area (Å²) in [5.74, 6) is 0.705. The van der Waals surface area contributed by atoms with Crippen LogP contribution >= 0.6 is 11.6 Å². The number of piperazine rings is 1. The molecule has 1 saturated heterocycles. The molecule has 2 aromatic carbocycles. The van der Waals surface area contributed by atoms with Gasteiger partial charge in [0.15, 0.2) is 5.78 Å². The first-order valence-corrected chi connectivity index (χ1v) is 8.99. The highest BCUT2D eigenvalue weighted by Crippen LogP contribution is 2.29. The van der Waals surface area contributed by atoms with E-state index in [0.29, 0.717) is 17.1 Å². The number of carbonyl (C=O) groups excluding carboxylic acids is 1. The molecule has 0 radical (unpaired) electrons. The molecule has 0 unspecified atom stereocenters. The normalized spacial score (nSPS) is 15.1. The quantitative estimate of drug-likeness (QED) is 0.811. The Bertz CT molecular complexity index is 802. The van der Waals surface area contributed by atoms with Gasteiger partial charge in [0.25, 0.3) is 0 Å². The number of hydrogen-bond acceptors (Lipinski definition) is 5. The summed E-state index contributed by atoms with van der Waals surface area (Å²) in [7, 11) is 1.67. The number of benzene rings is 2. The van der Waals surface area contributed by atoms with E-state index in [-0.39, 0.29) is 17.1 Å². The van der Waals surface area contributed by atoms with Gasteiger partial charge < -0.3 is 14.7 Å². The molecule has 1 N–H and O–H groups in total. The van der Waals surface area contributed by atoms with E-state index < -0.39 is 0 Å². The van der Waals surface area contributed by atoms with E-state index in [1.54, 1.807) is 13.2 Å². The zero-order chi connectivity index (χ0) is 18.7. The number of ether oxygens (including phenoxy) is 1.